The first-order valence-electron chi connectivity index (χ1n) is 11.8. The minimum Gasteiger partial charge on any atom is -0.352 e. The number of likely N-dealkylation sites (tertiary alicyclic amines) is 1. The Labute approximate surface area is 192 Å². The predicted octanol–water partition coefficient (Wildman–Crippen LogP) is 5.55. The normalized spacial score (nSPS) is 15.1. The summed E-state index contributed by atoms with van der Waals surface area (Å²) in [5.41, 5.74) is 5.16. The van der Waals surface area contributed by atoms with Crippen molar-refractivity contribution in [1.29, 1.82) is 0 Å². The second kappa shape index (κ2) is 11.1. The highest BCUT2D eigenvalue weighted by Gasteiger charge is 2.25. The average molecular weight is 427 g/mol. The fourth-order valence-corrected chi connectivity index (χ4v) is 4.67. The van der Waals surface area contributed by atoms with Crippen LogP contribution in [0, 0.1) is 12.8 Å². The third kappa shape index (κ3) is 6.08. The predicted molar refractivity (Wildman–Crippen MR) is 132 cm³/mol. The molecule has 0 aliphatic carbocycles. The molecule has 3 heteroatoms. The summed E-state index contributed by atoms with van der Waals surface area (Å²) in [6, 6.07) is 30.0. The van der Waals surface area contributed by atoms with Crippen LogP contribution >= 0.6 is 0 Å². The van der Waals surface area contributed by atoms with Gasteiger partial charge in [0.25, 0.3) is 0 Å². The third-order valence-electron chi connectivity index (χ3n) is 6.68. The van der Waals surface area contributed by atoms with Crippen molar-refractivity contribution in [2.24, 2.45) is 5.92 Å². The summed E-state index contributed by atoms with van der Waals surface area (Å²) in [5.74, 6) is 0.750. The Hall–Kier alpha value is -2.91. The van der Waals surface area contributed by atoms with Gasteiger partial charge in [-0.3, -0.25) is 4.79 Å². The Bertz CT molecular complexity index is 922. The number of hydrogen-bond donors (Lipinski definition) is 1. The zero-order chi connectivity index (χ0) is 22.2. The molecule has 3 nitrogen and oxygen atoms in total. The quantitative estimate of drug-likeness (QED) is 0.512. The minimum absolute atomic E-state index is 0.135. The van der Waals surface area contributed by atoms with Crippen LogP contribution in [0.25, 0.3) is 0 Å². The van der Waals surface area contributed by atoms with E-state index in [0.717, 1.165) is 44.5 Å². The number of carbonyl (C=O) groups excluding carboxylic acids is 1. The maximum absolute atomic E-state index is 12.7. The van der Waals surface area contributed by atoms with Gasteiger partial charge in [0.1, 0.15) is 0 Å². The van der Waals surface area contributed by atoms with Crippen molar-refractivity contribution in [3.8, 4) is 0 Å². The van der Waals surface area contributed by atoms with Gasteiger partial charge in [-0.2, -0.15) is 0 Å². The molecule has 4 rings (SSSR count). The summed E-state index contributed by atoms with van der Waals surface area (Å²) < 4.78 is 0. The van der Waals surface area contributed by atoms with Crippen LogP contribution in [0.4, 0.5) is 0 Å². The molecule has 3 aromatic rings. The Morgan fingerprint density at radius 3 is 2.00 bits per heavy atom. The number of hydrogen-bond acceptors (Lipinski definition) is 2. The first-order chi connectivity index (χ1) is 15.7. The van der Waals surface area contributed by atoms with Crippen molar-refractivity contribution in [2.45, 2.75) is 38.6 Å². The Morgan fingerprint density at radius 1 is 0.875 bits per heavy atom. The van der Waals surface area contributed by atoms with Gasteiger partial charge in [0.15, 0.2) is 0 Å². The number of nitrogens with zero attached hydrogens (tertiary/aromatic N) is 1. The molecule has 166 valence electrons. The summed E-state index contributed by atoms with van der Waals surface area (Å²) in [5, 5.41) is 3.14. The summed E-state index contributed by atoms with van der Waals surface area (Å²) in [7, 11) is 0. The topological polar surface area (TPSA) is 32.3 Å². The lowest BCUT2D eigenvalue weighted by Crippen LogP contribution is -2.40. The number of benzene rings is 3. The first kappa shape index (κ1) is 22.3. The zero-order valence-electron chi connectivity index (χ0n) is 19.0. The number of piperidine rings is 1. The van der Waals surface area contributed by atoms with Gasteiger partial charge in [0.05, 0.1) is 0 Å². The molecule has 1 fully saturated rings. The molecule has 1 amide bonds. The van der Waals surface area contributed by atoms with E-state index in [2.05, 4.69) is 102 Å². The monoisotopic (exact) mass is 426 g/mol. The molecule has 0 aromatic heterocycles. The number of aryl methyl sites for hydroxylation is 1. The maximum Gasteiger partial charge on any atom is 0.223 e. The minimum atomic E-state index is 0.135. The lowest BCUT2D eigenvalue weighted by Gasteiger charge is -2.32. The van der Waals surface area contributed by atoms with Gasteiger partial charge < -0.3 is 10.2 Å². The van der Waals surface area contributed by atoms with Crippen LogP contribution in [-0.4, -0.2) is 30.4 Å². The molecule has 1 aliphatic rings. The number of amides is 1. The third-order valence-corrected chi connectivity index (χ3v) is 6.68. The molecule has 3 aromatic carbocycles. The van der Waals surface area contributed by atoms with Gasteiger partial charge in [-0.15, -0.1) is 0 Å². The van der Waals surface area contributed by atoms with Crippen LogP contribution in [0.3, 0.4) is 0 Å². The molecule has 0 radical (unpaired) electrons. The fourth-order valence-electron chi connectivity index (χ4n) is 4.67. The Balaban J connectivity index is 1.26. The van der Waals surface area contributed by atoms with E-state index >= 15 is 0 Å². The number of nitrogens with one attached hydrogen (secondary N) is 1. The smallest absolute Gasteiger partial charge is 0.223 e. The summed E-state index contributed by atoms with van der Waals surface area (Å²) >= 11 is 0. The van der Waals surface area contributed by atoms with Crippen LogP contribution < -0.4 is 5.32 Å². The van der Waals surface area contributed by atoms with Crippen LogP contribution in [0.1, 0.15) is 47.4 Å². The average Bonchev–Trinajstić information content (AvgIpc) is 2.85. The van der Waals surface area contributed by atoms with E-state index in [0.29, 0.717) is 12.5 Å². The van der Waals surface area contributed by atoms with E-state index < -0.39 is 0 Å². The van der Waals surface area contributed by atoms with E-state index in [9.17, 15) is 4.79 Å². The standard InChI is InChI=1S/C29H34N2O/c1-23-12-14-24(15-13-23)22-30-29(32)27-16-19-31(20-17-27)21-18-28(25-8-4-2-5-9-25)26-10-6-3-7-11-26/h2-15,27-28H,16-22H2,1H3,(H,30,32). The van der Waals surface area contributed by atoms with Gasteiger partial charge in [-0.25, -0.2) is 0 Å². The summed E-state index contributed by atoms with van der Waals surface area (Å²) in [4.78, 5) is 15.2. The van der Waals surface area contributed by atoms with Gasteiger partial charge in [0.2, 0.25) is 5.91 Å². The lowest BCUT2D eigenvalue weighted by atomic mass is 9.88. The van der Waals surface area contributed by atoms with E-state index in [-0.39, 0.29) is 11.8 Å². The van der Waals surface area contributed by atoms with Crippen molar-refractivity contribution in [3.05, 3.63) is 107 Å². The van der Waals surface area contributed by atoms with Crippen LogP contribution in [-0.2, 0) is 11.3 Å². The molecule has 1 heterocycles. The van der Waals surface area contributed by atoms with Crippen LogP contribution in [0.2, 0.25) is 0 Å². The van der Waals surface area contributed by atoms with E-state index in [4.69, 9.17) is 0 Å². The summed E-state index contributed by atoms with van der Waals surface area (Å²) in [6.07, 6.45) is 2.99. The second-order valence-electron chi connectivity index (χ2n) is 8.98. The maximum atomic E-state index is 12.7. The molecule has 1 saturated heterocycles. The summed E-state index contributed by atoms with van der Waals surface area (Å²) in [6.45, 7) is 5.76. The molecule has 0 saturated carbocycles. The second-order valence-corrected chi connectivity index (χ2v) is 8.98. The fraction of sp³-hybridized carbons (Fsp3) is 0.345. The Morgan fingerprint density at radius 2 is 1.44 bits per heavy atom. The number of rotatable bonds is 8. The van der Waals surface area contributed by atoms with Crippen LogP contribution in [0.5, 0.6) is 0 Å². The molecule has 1 N–H and O–H groups in total. The van der Waals surface area contributed by atoms with Crippen molar-refractivity contribution in [3.63, 3.8) is 0 Å². The molecular weight excluding hydrogens is 392 g/mol. The van der Waals surface area contributed by atoms with Crippen molar-refractivity contribution in [2.75, 3.05) is 19.6 Å². The van der Waals surface area contributed by atoms with E-state index in [1.165, 1.54) is 16.7 Å². The van der Waals surface area contributed by atoms with Crippen molar-refractivity contribution in [1.82, 2.24) is 10.2 Å². The van der Waals surface area contributed by atoms with Crippen LogP contribution in [0.15, 0.2) is 84.9 Å². The van der Waals surface area contributed by atoms with Gasteiger partial charge in [0, 0.05) is 18.4 Å². The van der Waals surface area contributed by atoms with Gasteiger partial charge >= 0.3 is 0 Å². The molecule has 0 bridgehead atoms. The molecular formula is C29H34N2O. The largest absolute Gasteiger partial charge is 0.352 e. The highest BCUT2D eigenvalue weighted by molar-refractivity contribution is 5.78. The molecule has 0 atom stereocenters. The zero-order valence-corrected chi connectivity index (χ0v) is 19.0. The first-order valence-corrected chi connectivity index (χ1v) is 11.8. The van der Waals surface area contributed by atoms with Gasteiger partial charge in [-0.05, 0) is 62.5 Å². The van der Waals surface area contributed by atoms with Crippen molar-refractivity contribution >= 4 is 5.91 Å². The molecule has 32 heavy (non-hydrogen) atoms. The Kier molecular flexibility index (Phi) is 7.73. The number of carbonyl (C=O) groups is 1. The molecule has 0 spiro atoms. The van der Waals surface area contributed by atoms with Crippen molar-refractivity contribution < 1.29 is 4.79 Å². The SMILES string of the molecule is Cc1ccc(CNC(=O)C2CCN(CCC(c3ccccc3)c3ccccc3)CC2)cc1. The highest BCUT2D eigenvalue weighted by atomic mass is 16.1. The van der Waals surface area contributed by atoms with Gasteiger partial charge in [-0.1, -0.05) is 90.5 Å². The van der Waals surface area contributed by atoms with E-state index in [1.807, 2.05) is 0 Å². The van der Waals surface area contributed by atoms with E-state index in [1.54, 1.807) is 0 Å². The molecule has 1 aliphatic heterocycles. The lowest BCUT2D eigenvalue weighted by molar-refractivity contribution is -0.126. The molecule has 0 unspecified atom stereocenters. The highest BCUT2D eigenvalue weighted by Crippen LogP contribution is 2.29.